The molecule has 0 unspecified atom stereocenters. The molecule has 1 rings (SSSR count). The van der Waals surface area contributed by atoms with E-state index in [0.717, 1.165) is 0 Å². The van der Waals surface area contributed by atoms with Crippen molar-refractivity contribution in [2.24, 2.45) is 5.73 Å². The van der Waals surface area contributed by atoms with Gasteiger partial charge in [-0.3, -0.25) is 4.79 Å². The largest absolute Gasteiger partial charge is 0.368 e. The average molecular weight is 263 g/mol. The highest BCUT2D eigenvalue weighted by Crippen LogP contribution is 2.15. The summed E-state index contributed by atoms with van der Waals surface area (Å²) in [6.45, 7) is 4.45. The molecule has 6 nitrogen and oxygen atoms in total. The smallest absolute Gasteiger partial charge is 0.237 e. The number of sulfonamides is 1. The highest BCUT2D eigenvalue weighted by molar-refractivity contribution is 7.88. The van der Waals surface area contributed by atoms with Gasteiger partial charge in [0.25, 0.3) is 0 Å². The van der Waals surface area contributed by atoms with Gasteiger partial charge < -0.3 is 11.1 Å². The summed E-state index contributed by atoms with van der Waals surface area (Å²) in [6.07, 6.45) is 2.61. The van der Waals surface area contributed by atoms with Gasteiger partial charge in [0, 0.05) is 19.1 Å². The SMILES string of the molecule is CC(C)(NC1CCN(S(C)(=O)=O)CC1)C(N)=O. The van der Waals surface area contributed by atoms with Crippen molar-refractivity contribution < 1.29 is 13.2 Å². The van der Waals surface area contributed by atoms with Crippen LogP contribution >= 0.6 is 0 Å². The van der Waals surface area contributed by atoms with E-state index in [0.29, 0.717) is 25.9 Å². The molecule has 0 bridgehead atoms. The molecule has 0 radical (unpaired) electrons. The standard InChI is InChI=1S/C10H21N3O3S/c1-10(2,9(11)14)12-8-4-6-13(7-5-8)17(3,15)16/h8,12H,4-7H2,1-3H3,(H2,11,14). The second-order valence-electron chi connectivity index (χ2n) is 5.07. The molecule has 0 spiro atoms. The molecule has 0 aromatic carbocycles. The van der Waals surface area contributed by atoms with E-state index >= 15 is 0 Å². The maximum absolute atomic E-state index is 11.3. The van der Waals surface area contributed by atoms with Gasteiger partial charge in [0.2, 0.25) is 15.9 Å². The molecular weight excluding hydrogens is 242 g/mol. The van der Waals surface area contributed by atoms with Crippen molar-refractivity contribution in [2.45, 2.75) is 38.3 Å². The van der Waals surface area contributed by atoms with Gasteiger partial charge in [0.05, 0.1) is 11.8 Å². The number of piperidine rings is 1. The first-order valence-corrected chi connectivity index (χ1v) is 7.50. The van der Waals surface area contributed by atoms with Crippen LogP contribution in [0.25, 0.3) is 0 Å². The first kappa shape index (κ1) is 14.4. The number of nitrogens with one attached hydrogen (secondary N) is 1. The number of primary amides is 1. The Balaban J connectivity index is 2.51. The van der Waals surface area contributed by atoms with Gasteiger partial charge in [0.1, 0.15) is 0 Å². The minimum atomic E-state index is -3.10. The zero-order chi connectivity index (χ0) is 13.3. The highest BCUT2D eigenvalue weighted by Gasteiger charge is 2.31. The Bertz CT molecular complexity index is 384. The monoisotopic (exact) mass is 263 g/mol. The molecule has 3 N–H and O–H groups in total. The van der Waals surface area contributed by atoms with Gasteiger partial charge in [-0.1, -0.05) is 0 Å². The molecular formula is C10H21N3O3S. The fourth-order valence-electron chi connectivity index (χ4n) is 1.91. The first-order chi connectivity index (χ1) is 7.63. The van der Waals surface area contributed by atoms with Crippen LogP contribution in [0.15, 0.2) is 0 Å². The molecule has 0 saturated carbocycles. The molecule has 1 heterocycles. The van der Waals surface area contributed by atoms with Gasteiger partial charge in [-0.05, 0) is 26.7 Å². The molecule has 1 aliphatic heterocycles. The maximum Gasteiger partial charge on any atom is 0.237 e. The predicted octanol–water partition coefficient (Wildman–Crippen LogP) is -0.736. The number of nitrogens with two attached hydrogens (primary N) is 1. The van der Waals surface area contributed by atoms with Crippen LogP contribution in [0.1, 0.15) is 26.7 Å². The topological polar surface area (TPSA) is 92.5 Å². The summed E-state index contributed by atoms with van der Waals surface area (Å²) in [5, 5.41) is 3.17. The zero-order valence-electron chi connectivity index (χ0n) is 10.6. The van der Waals surface area contributed by atoms with Crippen molar-refractivity contribution >= 4 is 15.9 Å². The van der Waals surface area contributed by atoms with Gasteiger partial charge >= 0.3 is 0 Å². The maximum atomic E-state index is 11.3. The summed E-state index contributed by atoms with van der Waals surface area (Å²) in [4.78, 5) is 11.2. The Kier molecular flexibility index (Phi) is 4.16. The van der Waals surface area contributed by atoms with Crippen LogP contribution in [0.2, 0.25) is 0 Å². The Labute approximate surface area is 103 Å². The van der Waals surface area contributed by atoms with Gasteiger partial charge in [0.15, 0.2) is 0 Å². The van der Waals surface area contributed by atoms with Gasteiger partial charge in [-0.2, -0.15) is 0 Å². The van der Waals surface area contributed by atoms with E-state index in [1.54, 1.807) is 13.8 Å². The molecule has 7 heteroatoms. The van der Waals surface area contributed by atoms with Crippen LogP contribution in [0.3, 0.4) is 0 Å². The lowest BCUT2D eigenvalue weighted by Gasteiger charge is -2.35. The summed E-state index contributed by atoms with van der Waals surface area (Å²) in [6, 6.07) is 0.135. The molecule has 0 aromatic heterocycles. The summed E-state index contributed by atoms with van der Waals surface area (Å²) >= 11 is 0. The van der Waals surface area contributed by atoms with Crippen molar-refractivity contribution in [3.63, 3.8) is 0 Å². The molecule has 100 valence electrons. The molecule has 1 aliphatic rings. The van der Waals surface area contributed by atoms with Gasteiger partial charge in [-0.25, -0.2) is 12.7 Å². The Morgan fingerprint density at radius 3 is 2.18 bits per heavy atom. The second kappa shape index (κ2) is 4.91. The quantitative estimate of drug-likeness (QED) is 0.699. The lowest BCUT2D eigenvalue weighted by atomic mass is 9.99. The number of rotatable bonds is 4. The van der Waals surface area contributed by atoms with Crippen LogP contribution in [0, 0.1) is 0 Å². The molecule has 1 saturated heterocycles. The minimum absolute atomic E-state index is 0.135. The first-order valence-electron chi connectivity index (χ1n) is 5.65. The fraction of sp³-hybridized carbons (Fsp3) is 0.900. The van der Waals surface area contributed by atoms with Gasteiger partial charge in [-0.15, -0.1) is 0 Å². The molecule has 1 amide bonds. The third-order valence-electron chi connectivity index (χ3n) is 3.10. The third-order valence-corrected chi connectivity index (χ3v) is 4.41. The van der Waals surface area contributed by atoms with Crippen LogP contribution < -0.4 is 11.1 Å². The number of nitrogens with zero attached hydrogens (tertiary/aromatic N) is 1. The van der Waals surface area contributed by atoms with E-state index in [-0.39, 0.29) is 6.04 Å². The van der Waals surface area contributed by atoms with E-state index in [2.05, 4.69) is 5.32 Å². The van der Waals surface area contributed by atoms with Crippen molar-refractivity contribution in [2.75, 3.05) is 19.3 Å². The van der Waals surface area contributed by atoms with E-state index in [9.17, 15) is 13.2 Å². The van der Waals surface area contributed by atoms with Crippen molar-refractivity contribution in [1.82, 2.24) is 9.62 Å². The number of carbonyl (C=O) groups excluding carboxylic acids is 1. The normalized spacial score (nSPS) is 20.4. The van der Waals surface area contributed by atoms with E-state index in [4.69, 9.17) is 5.73 Å². The van der Waals surface area contributed by atoms with E-state index < -0.39 is 21.5 Å². The molecule has 1 fully saturated rings. The number of amides is 1. The summed E-state index contributed by atoms with van der Waals surface area (Å²) in [5.41, 5.74) is 4.52. The van der Waals surface area contributed by atoms with E-state index in [1.807, 2.05) is 0 Å². The minimum Gasteiger partial charge on any atom is -0.368 e. The average Bonchev–Trinajstić information content (AvgIpc) is 2.16. The second-order valence-corrected chi connectivity index (χ2v) is 7.05. The highest BCUT2D eigenvalue weighted by atomic mass is 32.2. The van der Waals surface area contributed by atoms with Crippen LogP contribution in [0.5, 0.6) is 0 Å². The van der Waals surface area contributed by atoms with Crippen molar-refractivity contribution in [3.8, 4) is 0 Å². The lowest BCUT2D eigenvalue weighted by molar-refractivity contribution is -0.123. The van der Waals surface area contributed by atoms with Crippen molar-refractivity contribution in [1.29, 1.82) is 0 Å². The summed E-state index contributed by atoms with van der Waals surface area (Å²) < 4.78 is 24.1. The summed E-state index contributed by atoms with van der Waals surface area (Å²) in [7, 11) is -3.10. The predicted molar refractivity (Wildman–Crippen MR) is 65.8 cm³/mol. The van der Waals surface area contributed by atoms with Crippen LogP contribution in [-0.2, 0) is 14.8 Å². The molecule has 0 aromatic rings. The zero-order valence-corrected chi connectivity index (χ0v) is 11.4. The molecule has 0 aliphatic carbocycles. The van der Waals surface area contributed by atoms with E-state index in [1.165, 1.54) is 10.6 Å². The Morgan fingerprint density at radius 2 is 1.82 bits per heavy atom. The number of carbonyl (C=O) groups is 1. The third kappa shape index (κ3) is 3.93. The number of hydrogen-bond acceptors (Lipinski definition) is 4. The van der Waals surface area contributed by atoms with Crippen LogP contribution in [-0.4, -0.2) is 49.6 Å². The Morgan fingerprint density at radius 1 is 1.35 bits per heavy atom. The number of hydrogen-bond donors (Lipinski definition) is 2. The van der Waals surface area contributed by atoms with Crippen LogP contribution in [0.4, 0.5) is 0 Å². The lowest BCUT2D eigenvalue weighted by Crippen LogP contribution is -2.57. The van der Waals surface area contributed by atoms with Crippen molar-refractivity contribution in [3.05, 3.63) is 0 Å². The fourth-order valence-corrected chi connectivity index (χ4v) is 2.79. The molecule has 17 heavy (non-hydrogen) atoms. The summed E-state index contributed by atoms with van der Waals surface area (Å²) in [5.74, 6) is -0.400. The molecule has 0 atom stereocenters. The Hall–Kier alpha value is -0.660.